The first kappa shape index (κ1) is 29.0. The number of aromatic nitrogens is 1. The van der Waals surface area contributed by atoms with Crippen molar-refractivity contribution in [3.05, 3.63) is 70.2 Å². The number of hydrogen-bond acceptors (Lipinski definition) is 8. The number of rotatable bonds is 10. The molecule has 0 bridgehead atoms. The first-order chi connectivity index (χ1) is 19.7. The molecule has 2 aromatic heterocycles. The van der Waals surface area contributed by atoms with Crippen LogP contribution in [0.15, 0.2) is 53.4 Å². The highest BCUT2D eigenvalue weighted by Gasteiger charge is 2.33. The average Bonchev–Trinajstić information content (AvgIpc) is 3.36. The van der Waals surface area contributed by atoms with Gasteiger partial charge in [-0.2, -0.15) is 4.31 Å². The molecule has 0 saturated heterocycles. The van der Waals surface area contributed by atoms with Gasteiger partial charge in [0.1, 0.15) is 4.83 Å². The molecular weight excluding hydrogens is 562 g/mol. The Morgan fingerprint density at radius 1 is 1.07 bits per heavy atom. The first-order valence-electron chi connectivity index (χ1n) is 13.4. The largest absolute Gasteiger partial charge is 0.493 e. The highest BCUT2D eigenvalue weighted by Crippen LogP contribution is 2.45. The van der Waals surface area contributed by atoms with E-state index in [-0.39, 0.29) is 23.5 Å². The van der Waals surface area contributed by atoms with E-state index >= 15 is 0 Å². The second-order valence-electron chi connectivity index (χ2n) is 9.73. The van der Waals surface area contributed by atoms with Crippen LogP contribution in [0.2, 0.25) is 0 Å². The van der Waals surface area contributed by atoms with Gasteiger partial charge in [0, 0.05) is 35.5 Å². The number of thiophene rings is 1. The highest BCUT2D eigenvalue weighted by atomic mass is 32.2. The summed E-state index contributed by atoms with van der Waals surface area (Å²) >= 11 is 1.43. The number of carboxylic acid groups (broad SMARTS) is 1. The standard InChI is InChI=1S/C30H33N3O6S2/c1-5-32(6-2)17-22-28(30(34)35)26(19-12-13-23(38-3)24(16-19)39-4)27-21-14-15-33(18-25(21)40-29(27)31-22)41(36,37)20-10-8-7-9-11-20/h7-13,16H,5-6,14-15,17-18H2,1-4H3,(H,34,35). The van der Waals surface area contributed by atoms with Crippen LogP contribution < -0.4 is 9.47 Å². The number of pyridine rings is 1. The molecule has 0 aliphatic carbocycles. The van der Waals surface area contributed by atoms with Crippen LogP contribution in [0.1, 0.15) is 40.3 Å². The maximum atomic E-state index is 13.4. The molecule has 4 aromatic rings. The molecule has 11 heteroatoms. The molecule has 1 N–H and O–H groups in total. The van der Waals surface area contributed by atoms with Crippen molar-refractivity contribution in [2.24, 2.45) is 0 Å². The quantitative estimate of drug-likeness (QED) is 0.264. The van der Waals surface area contributed by atoms with E-state index in [0.717, 1.165) is 28.9 Å². The number of hydrogen-bond donors (Lipinski definition) is 1. The van der Waals surface area contributed by atoms with E-state index in [4.69, 9.17) is 14.5 Å². The summed E-state index contributed by atoms with van der Waals surface area (Å²) in [6.07, 6.45) is 0.442. The van der Waals surface area contributed by atoms with Gasteiger partial charge >= 0.3 is 5.97 Å². The van der Waals surface area contributed by atoms with Crippen LogP contribution in [0.25, 0.3) is 21.3 Å². The topological polar surface area (TPSA) is 109 Å². The maximum absolute atomic E-state index is 13.4. The van der Waals surface area contributed by atoms with Crippen molar-refractivity contribution < 1.29 is 27.8 Å². The second kappa shape index (κ2) is 11.8. The van der Waals surface area contributed by atoms with Gasteiger partial charge in [-0.25, -0.2) is 18.2 Å². The predicted molar refractivity (Wildman–Crippen MR) is 159 cm³/mol. The smallest absolute Gasteiger partial charge is 0.338 e. The maximum Gasteiger partial charge on any atom is 0.338 e. The molecule has 0 radical (unpaired) electrons. The molecule has 0 unspecified atom stereocenters. The zero-order valence-corrected chi connectivity index (χ0v) is 25.1. The van der Waals surface area contributed by atoms with Gasteiger partial charge in [-0.1, -0.05) is 38.1 Å². The number of carboxylic acids is 1. The van der Waals surface area contributed by atoms with E-state index < -0.39 is 16.0 Å². The third-order valence-electron chi connectivity index (χ3n) is 7.56. The molecule has 0 saturated carbocycles. The van der Waals surface area contributed by atoms with Crippen LogP contribution in [0, 0.1) is 0 Å². The van der Waals surface area contributed by atoms with Crippen molar-refractivity contribution >= 4 is 37.5 Å². The summed E-state index contributed by atoms with van der Waals surface area (Å²) in [6, 6.07) is 13.8. The summed E-state index contributed by atoms with van der Waals surface area (Å²) in [5, 5.41) is 11.3. The number of aromatic carboxylic acids is 1. The lowest BCUT2D eigenvalue weighted by atomic mass is 9.91. The van der Waals surface area contributed by atoms with Crippen molar-refractivity contribution in [1.82, 2.24) is 14.2 Å². The molecule has 9 nitrogen and oxygen atoms in total. The van der Waals surface area contributed by atoms with Crippen molar-refractivity contribution in [3.8, 4) is 22.6 Å². The summed E-state index contributed by atoms with van der Waals surface area (Å²) in [6.45, 7) is 6.41. The first-order valence-corrected chi connectivity index (χ1v) is 15.7. The Morgan fingerprint density at radius 2 is 1.78 bits per heavy atom. The fourth-order valence-electron chi connectivity index (χ4n) is 5.38. The average molecular weight is 596 g/mol. The predicted octanol–water partition coefficient (Wildman–Crippen LogP) is 5.27. The van der Waals surface area contributed by atoms with Crippen molar-refractivity contribution in [2.45, 2.75) is 38.3 Å². The Morgan fingerprint density at radius 3 is 2.41 bits per heavy atom. The van der Waals surface area contributed by atoms with Crippen molar-refractivity contribution in [3.63, 3.8) is 0 Å². The normalized spacial score (nSPS) is 13.9. The Balaban J connectivity index is 1.74. The molecule has 1 aliphatic heterocycles. The molecule has 0 spiro atoms. The number of carbonyl (C=O) groups is 1. The number of ether oxygens (including phenoxy) is 2. The molecule has 41 heavy (non-hydrogen) atoms. The number of nitrogens with zero attached hydrogens (tertiary/aromatic N) is 3. The van der Waals surface area contributed by atoms with E-state index in [1.54, 1.807) is 56.7 Å². The van der Waals surface area contributed by atoms with Crippen molar-refractivity contribution in [1.29, 1.82) is 0 Å². The summed E-state index contributed by atoms with van der Waals surface area (Å²) in [7, 11) is -0.589. The molecule has 5 rings (SSSR count). The molecular formula is C30H33N3O6S2. The van der Waals surface area contributed by atoms with E-state index in [1.165, 1.54) is 15.6 Å². The third kappa shape index (κ3) is 5.30. The lowest BCUT2D eigenvalue weighted by Crippen LogP contribution is -2.35. The number of methoxy groups -OCH3 is 2. The van der Waals surface area contributed by atoms with E-state index in [9.17, 15) is 18.3 Å². The SMILES string of the molecule is CCN(CC)Cc1nc2sc3c(c2c(-c2ccc(OC)c(OC)c2)c1C(=O)O)CCN(S(=O)(=O)c1ccccc1)C3. The van der Waals surface area contributed by atoms with Crippen LogP contribution in [0.4, 0.5) is 0 Å². The molecule has 2 aromatic carbocycles. The molecule has 0 fully saturated rings. The lowest BCUT2D eigenvalue weighted by Gasteiger charge is -2.26. The zero-order chi connectivity index (χ0) is 29.3. The molecule has 216 valence electrons. The Bertz CT molecular complexity index is 1700. The number of sulfonamides is 1. The van der Waals surface area contributed by atoms with Gasteiger partial charge < -0.3 is 14.6 Å². The van der Waals surface area contributed by atoms with Crippen LogP contribution in [-0.2, 0) is 29.5 Å². The van der Waals surface area contributed by atoms with E-state index in [2.05, 4.69) is 4.90 Å². The molecule has 0 atom stereocenters. The van der Waals surface area contributed by atoms with Gasteiger partial charge in [-0.15, -0.1) is 11.3 Å². The monoisotopic (exact) mass is 595 g/mol. The fraction of sp³-hybridized carbons (Fsp3) is 0.333. The summed E-state index contributed by atoms with van der Waals surface area (Å²) in [4.78, 5) is 21.8. The number of fused-ring (bicyclic) bond motifs is 3. The zero-order valence-electron chi connectivity index (χ0n) is 23.5. The van der Waals surface area contributed by atoms with E-state index in [1.807, 2.05) is 19.9 Å². The minimum absolute atomic E-state index is 0.150. The van der Waals surface area contributed by atoms with Crippen LogP contribution in [-0.4, -0.2) is 67.5 Å². The van der Waals surface area contributed by atoms with Crippen LogP contribution in [0.5, 0.6) is 11.5 Å². The highest BCUT2D eigenvalue weighted by molar-refractivity contribution is 7.89. The lowest BCUT2D eigenvalue weighted by molar-refractivity contribution is 0.0695. The van der Waals surface area contributed by atoms with Gasteiger partial charge in [-0.05, 0) is 54.9 Å². The number of benzene rings is 2. The Labute approximate surface area is 244 Å². The summed E-state index contributed by atoms with van der Waals surface area (Å²) in [5.74, 6) is -0.0351. The van der Waals surface area contributed by atoms with Crippen LogP contribution in [0.3, 0.4) is 0 Å². The fourth-order valence-corrected chi connectivity index (χ4v) is 8.16. The minimum atomic E-state index is -3.69. The third-order valence-corrected chi connectivity index (χ3v) is 10.5. The van der Waals surface area contributed by atoms with Gasteiger partial charge in [0.15, 0.2) is 11.5 Å². The van der Waals surface area contributed by atoms with E-state index in [0.29, 0.717) is 46.1 Å². The van der Waals surface area contributed by atoms with Gasteiger partial charge in [0.25, 0.3) is 0 Å². The molecule has 1 aliphatic rings. The minimum Gasteiger partial charge on any atom is -0.493 e. The second-order valence-corrected chi connectivity index (χ2v) is 12.8. The van der Waals surface area contributed by atoms with Gasteiger partial charge in [0.2, 0.25) is 10.0 Å². The summed E-state index contributed by atoms with van der Waals surface area (Å²) in [5.41, 5.74) is 2.82. The van der Waals surface area contributed by atoms with Crippen LogP contribution >= 0.6 is 11.3 Å². The Hall–Kier alpha value is -3.51. The Kier molecular flexibility index (Phi) is 8.32. The van der Waals surface area contributed by atoms with Gasteiger partial charge in [0.05, 0.1) is 30.4 Å². The molecule has 0 amide bonds. The summed E-state index contributed by atoms with van der Waals surface area (Å²) < 4.78 is 39.3. The molecule has 3 heterocycles. The van der Waals surface area contributed by atoms with Gasteiger partial charge in [-0.3, -0.25) is 4.90 Å². The van der Waals surface area contributed by atoms with Crippen molar-refractivity contribution in [2.75, 3.05) is 33.9 Å².